The molecule has 62 valence electrons. The first-order valence-corrected chi connectivity index (χ1v) is 3.98. The van der Waals surface area contributed by atoms with Gasteiger partial charge in [0.15, 0.2) is 0 Å². The number of hydrogen-bond acceptors (Lipinski definition) is 2. The first-order valence-electron chi connectivity index (χ1n) is 3.98. The van der Waals surface area contributed by atoms with Gasteiger partial charge in [-0.1, -0.05) is 0 Å². The van der Waals surface area contributed by atoms with Crippen LogP contribution in [0, 0.1) is 22.7 Å². The van der Waals surface area contributed by atoms with E-state index in [1.165, 1.54) is 12.8 Å². The number of piperidine rings is 1. The molecule has 3 heteroatoms. The van der Waals surface area contributed by atoms with Gasteiger partial charge in [0, 0.05) is 6.54 Å². The highest BCUT2D eigenvalue weighted by Crippen LogP contribution is 2.55. The Morgan fingerprint density at radius 3 is 2.82 bits per heavy atom. The average Bonchev–Trinajstić information content (AvgIpc) is 2.65. The highest BCUT2D eigenvalue weighted by atomic mass is 35.5. The molecule has 1 saturated heterocycles. The van der Waals surface area contributed by atoms with Crippen LogP contribution in [0.2, 0.25) is 0 Å². The first-order chi connectivity index (χ1) is 4.87. The predicted octanol–water partition coefficient (Wildman–Crippen LogP) is 1.32. The van der Waals surface area contributed by atoms with Crippen LogP contribution in [0.4, 0.5) is 0 Å². The highest BCUT2D eigenvalue weighted by Gasteiger charge is 2.54. The SMILES string of the molecule is Cl.N#CC1CC12CCCNC2. The standard InChI is InChI=1S/C8H12N2.ClH/c9-5-7-4-8(7)2-1-3-10-6-8;/h7,10H,1-4,6H2;1H. The van der Waals surface area contributed by atoms with Crippen LogP contribution in [-0.2, 0) is 0 Å². The Labute approximate surface area is 73.4 Å². The maximum absolute atomic E-state index is 8.65. The van der Waals surface area contributed by atoms with Gasteiger partial charge in [-0.3, -0.25) is 0 Å². The van der Waals surface area contributed by atoms with Crippen molar-refractivity contribution in [3.05, 3.63) is 0 Å². The molecule has 2 rings (SSSR count). The second-order valence-electron chi connectivity index (χ2n) is 3.53. The summed E-state index contributed by atoms with van der Waals surface area (Å²) < 4.78 is 0. The summed E-state index contributed by atoms with van der Waals surface area (Å²) in [6.45, 7) is 2.24. The Balaban J connectivity index is 0.000000605. The number of nitriles is 1. The largest absolute Gasteiger partial charge is 0.316 e. The molecule has 2 fully saturated rings. The molecule has 1 heterocycles. The zero-order valence-corrected chi connectivity index (χ0v) is 7.28. The Kier molecular flexibility index (Phi) is 2.41. The third kappa shape index (κ3) is 1.36. The quantitative estimate of drug-likeness (QED) is 0.599. The van der Waals surface area contributed by atoms with Gasteiger partial charge in [0.05, 0.1) is 12.0 Å². The molecule has 2 atom stereocenters. The second-order valence-corrected chi connectivity index (χ2v) is 3.53. The van der Waals surface area contributed by atoms with Crippen molar-refractivity contribution in [1.29, 1.82) is 5.26 Å². The lowest BCUT2D eigenvalue weighted by molar-refractivity contribution is 0.343. The monoisotopic (exact) mass is 172 g/mol. The Bertz CT molecular complexity index is 179. The number of rotatable bonds is 0. The average molecular weight is 173 g/mol. The fraction of sp³-hybridized carbons (Fsp3) is 0.875. The summed E-state index contributed by atoms with van der Waals surface area (Å²) in [6, 6.07) is 2.36. The van der Waals surface area contributed by atoms with E-state index in [1.807, 2.05) is 0 Å². The van der Waals surface area contributed by atoms with Crippen molar-refractivity contribution in [2.45, 2.75) is 19.3 Å². The third-order valence-electron chi connectivity index (χ3n) is 2.85. The predicted molar refractivity (Wildman–Crippen MR) is 45.5 cm³/mol. The van der Waals surface area contributed by atoms with E-state index in [0.29, 0.717) is 11.3 Å². The zero-order valence-electron chi connectivity index (χ0n) is 6.47. The van der Waals surface area contributed by atoms with E-state index in [2.05, 4.69) is 11.4 Å². The van der Waals surface area contributed by atoms with Gasteiger partial charge < -0.3 is 5.32 Å². The molecule has 1 spiro atoms. The van der Waals surface area contributed by atoms with Gasteiger partial charge in [0.1, 0.15) is 0 Å². The molecule has 0 radical (unpaired) electrons. The Hall–Kier alpha value is -0.260. The summed E-state index contributed by atoms with van der Waals surface area (Å²) >= 11 is 0. The molecule has 2 nitrogen and oxygen atoms in total. The van der Waals surface area contributed by atoms with Gasteiger partial charge in [-0.05, 0) is 31.2 Å². The second kappa shape index (κ2) is 3.00. The van der Waals surface area contributed by atoms with Crippen LogP contribution in [0.3, 0.4) is 0 Å². The number of halogens is 1. The van der Waals surface area contributed by atoms with Gasteiger partial charge in [-0.2, -0.15) is 5.26 Å². The van der Waals surface area contributed by atoms with E-state index in [1.54, 1.807) is 0 Å². The van der Waals surface area contributed by atoms with Crippen molar-refractivity contribution in [2.75, 3.05) is 13.1 Å². The third-order valence-corrected chi connectivity index (χ3v) is 2.85. The molecule has 1 saturated carbocycles. The van der Waals surface area contributed by atoms with Crippen LogP contribution in [-0.4, -0.2) is 13.1 Å². The van der Waals surface area contributed by atoms with Gasteiger partial charge in [-0.25, -0.2) is 0 Å². The maximum atomic E-state index is 8.65. The lowest BCUT2D eigenvalue weighted by Gasteiger charge is -2.21. The lowest BCUT2D eigenvalue weighted by Crippen LogP contribution is -2.32. The van der Waals surface area contributed by atoms with Crippen LogP contribution >= 0.6 is 12.4 Å². The molecule has 0 aromatic rings. The van der Waals surface area contributed by atoms with E-state index in [-0.39, 0.29) is 12.4 Å². The van der Waals surface area contributed by atoms with Crippen LogP contribution in [0.1, 0.15) is 19.3 Å². The van der Waals surface area contributed by atoms with E-state index in [4.69, 9.17) is 5.26 Å². The van der Waals surface area contributed by atoms with Crippen LogP contribution in [0.5, 0.6) is 0 Å². The van der Waals surface area contributed by atoms with Crippen LogP contribution in [0.25, 0.3) is 0 Å². The van der Waals surface area contributed by atoms with Crippen molar-refractivity contribution in [2.24, 2.45) is 11.3 Å². The molecular weight excluding hydrogens is 160 g/mol. The summed E-state index contributed by atoms with van der Waals surface area (Å²) in [7, 11) is 0. The minimum Gasteiger partial charge on any atom is -0.316 e. The fourth-order valence-electron chi connectivity index (χ4n) is 1.99. The van der Waals surface area contributed by atoms with Crippen LogP contribution in [0.15, 0.2) is 0 Å². The summed E-state index contributed by atoms with van der Waals surface area (Å²) in [5, 5.41) is 12.0. The zero-order chi connectivity index (χ0) is 7.03. The van der Waals surface area contributed by atoms with E-state index in [9.17, 15) is 0 Å². The number of nitrogens with zero attached hydrogens (tertiary/aromatic N) is 1. The van der Waals surface area contributed by atoms with E-state index < -0.39 is 0 Å². The van der Waals surface area contributed by atoms with Crippen molar-refractivity contribution < 1.29 is 0 Å². The summed E-state index contributed by atoms with van der Waals surface area (Å²) in [5.41, 5.74) is 0.424. The van der Waals surface area contributed by atoms with Gasteiger partial charge in [-0.15, -0.1) is 12.4 Å². The molecule has 0 aromatic heterocycles. The molecular formula is C8H13ClN2. The molecule has 2 aliphatic rings. The Morgan fingerprint density at radius 1 is 1.55 bits per heavy atom. The minimum absolute atomic E-state index is 0. The minimum atomic E-state index is 0. The van der Waals surface area contributed by atoms with E-state index in [0.717, 1.165) is 19.5 Å². The Morgan fingerprint density at radius 2 is 2.36 bits per heavy atom. The van der Waals surface area contributed by atoms with Crippen molar-refractivity contribution >= 4 is 12.4 Å². The summed E-state index contributed by atoms with van der Waals surface area (Å²) in [5.74, 6) is 0.375. The van der Waals surface area contributed by atoms with Crippen molar-refractivity contribution in [3.63, 3.8) is 0 Å². The molecule has 0 aromatic carbocycles. The van der Waals surface area contributed by atoms with Gasteiger partial charge >= 0.3 is 0 Å². The fourth-order valence-corrected chi connectivity index (χ4v) is 1.99. The maximum Gasteiger partial charge on any atom is 0.0662 e. The molecule has 1 N–H and O–H groups in total. The van der Waals surface area contributed by atoms with E-state index >= 15 is 0 Å². The van der Waals surface area contributed by atoms with Gasteiger partial charge in [0.2, 0.25) is 0 Å². The number of nitrogens with one attached hydrogen (secondary N) is 1. The molecule has 0 amide bonds. The summed E-state index contributed by atoms with van der Waals surface area (Å²) in [6.07, 6.45) is 3.69. The smallest absolute Gasteiger partial charge is 0.0662 e. The molecule has 0 bridgehead atoms. The molecule has 1 aliphatic carbocycles. The molecule has 2 unspecified atom stereocenters. The van der Waals surface area contributed by atoms with Gasteiger partial charge in [0.25, 0.3) is 0 Å². The van der Waals surface area contributed by atoms with Crippen molar-refractivity contribution in [1.82, 2.24) is 5.32 Å². The molecule has 1 aliphatic heterocycles. The topological polar surface area (TPSA) is 35.8 Å². The summed E-state index contributed by atoms with van der Waals surface area (Å²) in [4.78, 5) is 0. The first kappa shape index (κ1) is 8.83. The van der Waals surface area contributed by atoms with Crippen LogP contribution < -0.4 is 5.32 Å². The lowest BCUT2D eigenvalue weighted by atomic mass is 9.94. The highest BCUT2D eigenvalue weighted by molar-refractivity contribution is 5.85. The number of hydrogen-bond donors (Lipinski definition) is 1. The van der Waals surface area contributed by atoms with Crippen molar-refractivity contribution in [3.8, 4) is 6.07 Å². The normalized spacial score (nSPS) is 40.8. The molecule has 11 heavy (non-hydrogen) atoms.